The molecule has 0 radical (unpaired) electrons. The number of benzene rings is 2. The molecule has 0 saturated carbocycles. The van der Waals surface area contributed by atoms with Gasteiger partial charge in [0, 0.05) is 35.8 Å². The van der Waals surface area contributed by atoms with Crippen LogP contribution in [0.5, 0.6) is 5.75 Å². The van der Waals surface area contributed by atoms with E-state index in [1.54, 1.807) is 24.1 Å². The first-order valence-corrected chi connectivity index (χ1v) is 9.85. The number of pyridine rings is 1. The Hall–Kier alpha value is -2.83. The lowest BCUT2D eigenvalue weighted by Crippen LogP contribution is -2.30. The third-order valence-corrected chi connectivity index (χ3v) is 5.90. The normalized spacial score (nSPS) is 15.4. The van der Waals surface area contributed by atoms with Gasteiger partial charge in [-0.05, 0) is 35.9 Å². The first kappa shape index (κ1) is 20.4. The van der Waals surface area contributed by atoms with E-state index in [-0.39, 0.29) is 23.2 Å². The molecule has 1 aliphatic heterocycles. The number of hydrogen-bond acceptors (Lipinski definition) is 3. The van der Waals surface area contributed by atoms with Gasteiger partial charge in [-0.25, -0.2) is 4.39 Å². The topological polar surface area (TPSA) is 51.5 Å². The Morgan fingerprint density at radius 1 is 1.03 bits per heavy atom. The first-order valence-electron chi connectivity index (χ1n) is 9.10. The quantitative estimate of drug-likeness (QED) is 0.588. The maximum Gasteiger partial charge on any atom is 0.272 e. The highest BCUT2D eigenvalue weighted by Gasteiger charge is 2.42. The zero-order valence-electron chi connectivity index (χ0n) is 16.2. The van der Waals surface area contributed by atoms with E-state index in [9.17, 15) is 14.0 Å². The maximum absolute atomic E-state index is 14.1. The molecule has 154 valence electrons. The summed E-state index contributed by atoms with van der Waals surface area (Å²) in [5.74, 6) is -0.182. The minimum atomic E-state index is -0.739. The number of amides is 1. The van der Waals surface area contributed by atoms with Crippen molar-refractivity contribution >= 4 is 29.1 Å². The second-order valence-electron chi connectivity index (χ2n) is 7.00. The van der Waals surface area contributed by atoms with E-state index in [1.165, 1.54) is 35.9 Å². The average Bonchev–Trinajstić information content (AvgIpc) is 3.01. The van der Waals surface area contributed by atoms with Crippen molar-refractivity contribution in [3.63, 3.8) is 0 Å². The molecule has 1 unspecified atom stereocenters. The van der Waals surface area contributed by atoms with Crippen molar-refractivity contribution in [2.45, 2.75) is 12.6 Å². The molecule has 0 fully saturated rings. The van der Waals surface area contributed by atoms with Crippen molar-refractivity contribution in [1.29, 1.82) is 0 Å². The molecule has 2 heterocycles. The standard InChI is InChI=1S/C22H17Cl2FN2O3/c1-26-18(28)10-17(24)19-20(15-9-13(25)5-8-16(15)23)27(22(29)21(19)26)11-12-3-6-14(30-2)7-4-12/h3-10,20H,11H2,1-2H3. The monoisotopic (exact) mass is 446 g/mol. The van der Waals surface area contributed by atoms with Crippen LogP contribution in [-0.2, 0) is 13.6 Å². The number of ether oxygens (including phenoxy) is 1. The number of carbonyl (C=O) groups is 1. The minimum Gasteiger partial charge on any atom is -0.497 e. The van der Waals surface area contributed by atoms with E-state index in [4.69, 9.17) is 27.9 Å². The lowest BCUT2D eigenvalue weighted by atomic mass is 9.99. The summed E-state index contributed by atoms with van der Waals surface area (Å²) in [4.78, 5) is 27.2. The number of aromatic nitrogens is 1. The number of hydrogen-bond donors (Lipinski definition) is 0. The zero-order valence-corrected chi connectivity index (χ0v) is 17.7. The predicted octanol–water partition coefficient (Wildman–Crippen LogP) is 4.59. The second kappa shape index (κ2) is 7.78. The fraction of sp³-hybridized carbons (Fsp3) is 0.182. The van der Waals surface area contributed by atoms with Gasteiger partial charge in [0.2, 0.25) is 0 Å². The molecular formula is C22H17Cl2FN2O3. The molecule has 3 aromatic rings. The number of nitrogens with zero attached hydrogens (tertiary/aromatic N) is 2. The molecule has 4 rings (SSSR count). The average molecular weight is 447 g/mol. The Labute approximate surface area is 182 Å². The van der Waals surface area contributed by atoms with Gasteiger partial charge in [-0.3, -0.25) is 9.59 Å². The van der Waals surface area contributed by atoms with Gasteiger partial charge in [-0.1, -0.05) is 35.3 Å². The summed E-state index contributed by atoms with van der Waals surface area (Å²) in [5, 5.41) is 0.440. The lowest BCUT2D eigenvalue weighted by Gasteiger charge is -2.27. The van der Waals surface area contributed by atoms with Gasteiger partial charge in [-0.2, -0.15) is 0 Å². The number of methoxy groups -OCH3 is 1. The SMILES string of the molecule is COc1ccc(CN2C(=O)c3c(c(Cl)cc(=O)n3C)C2c2cc(F)ccc2Cl)cc1. The summed E-state index contributed by atoms with van der Waals surface area (Å²) < 4.78 is 20.5. The van der Waals surface area contributed by atoms with Crippen LogP contribution in [-0.4, -0.2) is 22.5 Å². The number of halogens is 3. The summed E-state index contributed by atoms with van der Waals surface area (Å²) in [6, 6.07) is 11.7. The summed E-state index contributed by atoms with van der Waals surface area (Å²) in [5.41, 5.74) is 1.44. The molecule has 0 spiro atoms. The lowest BCUT2D eigenvalue weighted by molar-refractivity contribution is 0.0728. The van der Waals surface area contributed by atoms with Crippen molar-refractivity contribution in [3.05, 3.63) is 97.1 Å². The largest absolute Gasteiger partial charge is 0.497 e. The van der Waals surface area contributed by atoms with Crippen LogP contribution in [0.15, 0.2) is 53.3 Å². The Balaban J connectivity index is 1.90. The highest BCUT2D eigenvalue weighted by molar-refractivity contribution is 6.33. The minimum absolute atomic E-state index is 0.143. The Bertz CT molecular complexity index is 1210. The fourth-order valence-electron chi connectivity index (χ4n) is 3.75. The number of fused-ring (bicyclic) bond motifs is 1. The van der Waals surface area contributed by atoms with Crippen LogP contribution >= 0.6 is 23.2 Å². The summed E-state index contributed by atoms with van der Waals surface area (Å²) in [6.07, 6.45) is 0. The van der Waals surface area contributed by atoms with Crippen LogP contribution in [0.25, 0.3) is 0 Å². The molecule has 0 bridgehead atoms. The molecule has 1 aliphatic rings. The van der Waals surface area contributed by atoms with Crippen molar-refractivity contribution in [1.82, 2.24) is 9.47 Å². The zero-order chi connectivity index (χ0) is 21.6. The Kier molecular flexibility index (Phi) is 5.30. The highest BCUT2D eigenvalue weighted by Crippen LogP contribution is 2.44. The van der Waals surface area contributed by atoms with Gasteiger partial charge in [0.1, 0.15) is 17.3 Å². The first-order chi connectivity index (χ1) is 14.3. The molecule has 1 aromatic heterocycles. The Morgan fingerprint density at radius 3 is 2.40 bits per heavy atom. The van der Waals surface area contributed by atoms with Crippen LogP contribution in [0.3, 0.4) is 0 Å². The van der Waals surface area contributed by atoms with E-state index >= 15 is 0 Å². The van der Waals surface area contributed by atoms with E-state index in [0.29, 0.717) is 21.9 Å². The molecule has 30 heavy (non-hydrogen) atoms. The third kappa shape index (κ3) is 3.36. The highest BCUT2D eigenvalue weighted by atomic mass is 35.5. The van der Waals surface area contributed by atoms with Crippen LogP contribution < -0.4 is 10.3 Å². The summed E-state index contributed by atoms with van der Waals surface area (Å²) in [7, 11) is 3.08. The Morgan fingerprint density at radius 2 is 1.73 bits per heavy atom. The van der Waals surface area contributed by atoms with Gasteiger partial charge in [0.05, 0.1) is 18.2 Å². The van der Waals surface area contributed by atoms with Crippen molar-refractivity contribution < 1.29 is 13.9 Å². The third-order valence-electron chi connectivity index (χ3n) is 5.24. The van der Waals surface area contributed by atoms with Crippen LogP contribution in [0.1, 0.15) is 33.2 Å². The van der Waals surface area contributed by atoms with E-state index in [1.807, 2.05) is 12.1 Å². The number of carbonyl (C=O) groups excluding carboxylic acids is 1. The van der Waals surface area contributed by atoms with Gasteiger partial charge < -0.3 is 14.2 Å². The molecule has 0 N–H and O–H groups in total. The molecule has 2 aromatic carbocycles. The van der Waals surface area contributed by atoms with Crippen LogP contribution in [0, 0.1) is 5.82 Å². The fourth-order valence-corrected chi connectivity index (χ4v) is 4.26. The van der Waals surface area contributed by atoms with E-state index in [2.05, 4.69) is 0 Å². The number of rotatable bonds is 4. The molecule has 5 nitrogen and oxygen atoms in total. The van der Waals surface area contributed by atoms with Crippen LogP contribution in [0.2, 0.25) is 10.0 Å². The van der Waals surface area contributed by atoms with Gasteiger partial charge in [-0.15, -0.1) is 0 Å². The second-order valence-corrected chi connectivity index (χ2v) is 7.82. The molecule has 8 heteroatoms. The molecule has 1 amide bonds. The van der Waals surface area contributed by atoms with Gasteiger partial charge in [0.25, 0.3) is 11.5 Å². The molecule has 1 atom stereocenters. The molecular weight excluding hydrogens is 430 g/mol. The smallest absolute Gasteiger partial charge is 0.272 e. The van der Waals surface area contributed by atoms with E-state index in [0.717, 1.165) is 5.56 Å². The van der Waals surface area contributed by atoms with E-state index < -0.39 is 17.4 Å². The van der Waals surface area contributed by atoms with Crippen molar-refractivity contribution in [2.75, 3.05) is 7.11 Å². The maximum atomic E-state index is 14.1. The van der Waals surface area contributed by atoms with Gasteiger partial charge >= 0.3 is 0 Å². The summed E-state index contributed by atoms with van der Waals surface area (Å²) in [6.45, 7) is 0.208. The van der Waals surface area contributed by atoms with Gasteiger partial charge in [0.15, 0.2) is 0 Å². The molecule has 0 saturated heterocycles. The molecule has 0 aliphatic carbocycles. The van der Waals surface area contributed by atoms with Crippen LogP contribution in [0.4, 0.5) is 4.39 Å². The predicted molar refractivity (Wildman–Crippen MR) is 113 cm³/mol. The van der Waals surface area contributed by atoms with Crippen molar-refractivity contribution in [3.8, 4) is 5.75 Å². The summed E-state index contributed by atoms with van der Waals surface area (Å²) >= 11 is 12.8. The van der Waals surface area contributed by atoms with Crippen molar-refractivity contribution in [2.24, 2.45) is 7.05 Å².